The van der Waals surface area contributed by atoms with E-state index in [1.807, 2.05) is 0 Å². The molecule has 1 aromatic carbocycles. The van der Waals surface area contributed by atoms with Crippen molar-refractivity contribution in [1.82, 2.24) is 5.32 Å². The van der Waals surface area contributed by atoms with Crippen LogP contribution in [0.4, 0.5) is 0 Å². The van der Waals surface area contributed by atoms with Gasteiger partial charge in [-0.05, 0) is 34.5 Å². The Labute approximate surface area is 126 Å². The van der Waals surface area contributed by atoms with Gasteiger partial charge >= 0.3 is 0 Å². The number of nitrogens with one attached hydrogen (secondary N) is 1. The molecule has 1 atom stereocenters. The zero-order valence-electron chi connectivity index (χ0n) is 11.6. The molecule has 6 heteroatoms. The summed E-state index contributed by atoms with van der Waals surface area (Å²) in [6, 6.07) is 3.40. The van der Waals surface area contributed by atoms with Crippen LogP contribution in [0, 0.1) is 5.92 Å². The molecule has 110 valence electrons. The van der Waals surface area contributed by atoms with Crippen molar-refractivity contribution < 1.29 is 19.0 Å². The first-order chi connectivity index (χ1) is 9.65. The van der Waals surface area contributed by atoms with Gasteiger partial charge in [0, 0.05) is 23.5 Å². The molecule has 1 N–H and O–H groups in total. The molecule has 1 fully saturated rings. The summed E-state index contributed by atoms with van der Waals surface area (Å²) in [4.78, 5) is 12.2. The number of carbonyl (C=O) groups excluding carboxylic acids is 1. The Bertz CT molecular complexity index is 486. The lowest BCUT2D eigenvalue weighted by atomic mass is 10.1. The van der Waals surface area contributed by atoms with Crippen molar-refractivity contribution in [2.45, 2.75) is 6.42 Å². The van der Waals surface area contributed by atoms with E-state index in [1.165, 1.54) is 0 Å². The van der Waals surface area contributed by atoms with E-state index in [4.69, 9.17) is 14.2 Å². The molecular formula is C14H18BrNO4. The molecule has 1 unspecified atom stereocenters. The number of benzene rings is 1. The van der Waals surface area contributed by atoms with Gasteiger partial charge in [0.1, 0.15) is 0 Å². The lowest BCUT2D eigenvalue weighted by Crippen LogP contribution is -2.29. The summed E-state index contributed by atoms with van der Waals surface area (Å²) in [6.07, 6.45) is 0.993. The average Bonchev–Trinajstić information content (AvgIpc) is 2.97. The molecule has 0 saturated carbocycles. The van der Waals surface area contributed by atoms with Crippen molar-refractivity contribution in [3.8, 4) is 11.5 Å². The second-order valence-corrected chi connectivity index (χ2v) is 5.48. The van der Waals surface area contributed by atoms with Crippen LogP contribution in [-0.2, 0) is 4.74 Å². The Morgan fingerprint density at radius 3 is 2.70 bits per heavy atom. The van der Waals surface area contributed by atoms with Gasteiger partial charge in [-0.15, -0.1) is 0 Å². The summed E-state index contributed by atoms with van der Waals surface area (Å²) in [7, 11) is 3.10. The summed E-state index contributed by atoms with van der Waals surface area (Å²) in [5, 5.41) is 2.93. The fraction of sp³-hybridized carbons (Fsp3) is 0.500. The Kier molecular flexibility index (Phi) is 5.25. The van der Waals surface area contributed by atoms with Crippen LogP contribution in [-0.4, -0.2) is 39.9 Å². The van der Waals surface area contributed by atoms with E-state index >= 15 is 0 Å². The Morgan fingerprint density at radius 1 is 1.40 bits per heavy atom. The molecule has 1 aromatic rings. The van der Waals surface area contributed by atoms with Gasteiger partial charge in [0.05, 0.1) is 26.4 Å². The summed E-state index contributed by atoms with van der Waals surface area (Å²) >= 11 is 3.38. The average molecular weight is 344 g/mol. The number of hydrogen-bond acceptors (Lipinski definition) is 4. The third kappa shape index (κ3) is 3.43. The van der Waals surface area contributed by atoms with E-state index in [2.05, 4.69) is 21.2 Å². The second kappa shape index (κ2) is 6.95. The van der Waals surface area contributed by atoms with Crippen LogP contribution in [0.5, 0.6) is 11.5 Å². The van der Waals surface area contributed by atoms with E-state index in [1.54, 1.807) is 26.4 Å². The number of amides is 1. The highest BCUT2D eigenvalue weighted by Crippen LogP contribution is 2.33. The molecule has 5 nitrogen and oxygen atoms in total. The molecule has 1 aliphatic heterocycles. The van der Waals surface area contributed by atoms with Crippen LogP contribution in [0.1, 0.15) is 16.8 Å². The number of hydrogen-bond donors (Lipinski definition) is 1. The van der Waals surface area contributed by atoms with Gasteiger partial charge in [-0.25, -0.2) is 0 Å². The SMILES string of the molecule is COc1cc(Br)c(C(=O)NCC2CCOC2)cc1OC. The van der Waals surface area contributed by atoms with Crippen molar-refractivity contribution in [3.05, 3.63) is 22.2 Å². The van der Waals surface area contributed by atoms with Gasteiger partial charge in [-0.1, -0.05) is 0 Å². The maximum absolute atomic E-state index is 12.2. The van der Waals surface area contributed by atoms with Gasteiger partial charge < -0.3 is 19.5 Å². The van der Waals surface area contributed by atoms with Gasteiger partial charge in [0.15, 0.2) is 11.5 Å². The molecule has 20 heavy (non-hydrogen) atoms. The van der Waals surface area contributed by atoms with Crippen LogP contribution in [0.25, 0.3) is 0 Å². The van der Waals surface area contributed by atoms with Crippen LogP contribution < -0.4 is 14.8 Å². The minimum absolute atomic E-state index is 0.135. The number of methoxy groups -OCH3 is 2. The van der Waals surface area contributed by atoms with E-state index in [9.17, 15) is 4.79 Å². The van der Waals surface area contributed by atoms with E-state index < -0.39 is 0 Å². The fourth-order valence-electron chi connectivity index (χ4n) is 2.10. The molecule has 1 amide bonds. The molecule has 0 bridgehead atoms. The van der Waals surface area contributed by atoms with E-state index in [-0.39, 0.29) is 5.91 Å². The minimum atomic E-state index is -0.135. The number of carbonyl (C=O) groups is 1. The van der Waals surface area contributed by atoms with E-state index in [0.717, 1.165) is 13.0 Å². The maximum Gasteiger partial charge on any atom is 0.252 e. The number of halogens is 1. The van der Waals surface area contributed by atoms with Crippen LogP contribution in [0.15, 0.2) is 16.6 Å². The lowest BCUT2D eigenvalue weighted by Gasteiger charge is -2.13. The molecule has 0 aromatic heterocycles. The van der Waals surface area contributed by atoms with Crippen molar-refractivity contribution in [2.24, 2.45) is 5.92 Å². The first-order valence-electron chi connectivity index (χ1n) is 6.43. The first-order valence-corrected chi connectivity index (χ1v) is 7.22. The highest BCUT2D eigenvalue weighted by Gasteiger charge is 2.19. The van der Waals surface area contributed by atoms with Gasteiger partial charge in [0.2, 0.25) is 0 Å². The molecule has 1 saturated heterocycles. The topological polar surface area (TPSA) is 56.8 Å². The summed E-state index contributed by atoms with van der Waals surface area (Å²) in [5.41, 5.74) is 0.529. The van der Waals surface area contributed by atoms with Gasteiger partial charge in [-0.2, -0.15) is 0 Å². The minimum Gasteiger partial charge on any atom is -0.493 e. The normalized spacial score (nSPS) is 17.9. The monoisotopic (exact) mass is 343 g/mol. The molecule has 0 aliphatic carbocycles. The second-order valence-electron chi connectivity index (χ2n) is 4.63. The number of rotatable bonds is 5. The third-order valence-corrected chi connectivity index (χ3v) is 3.95. The van der Waals surface area contributed by atoms with Crippen LogP contribution in [0.3, 0.4) is 0 Å². The molecular weight excluding hydrogens is 326 g/mol. The Balaban J connectivity index is 2.08. The third-order valence-electron chi connectivity index (χ3n) is 3.29. The fourth-order valence-corrected chi connectivity index (χ4v) is 2.61. The molecule has 2 rings (SSSR count). The molecule has 1 heterocycles. The van der Waals surface area contributed by atoms with Crippen LogP contribution in [0.2, 0.25) is 0 Å². The zero-order valence-corrected chi connectivity index (χ0v) is 13.2. The Morgan fingerprint density at radius 2 is 2.10 bits per heavy atom. The molecule has 0 radical (unpaired) electrons. The summed E-state index contributed by atoms with van der Waals surface area (Å²) in [5.74, 6) is 1.38. The smallest absolute Gasteiger partial charge is 0.252 e. The maximum atomic E-state index is 12.2. The molecule has 1 aliphatic rings. The van der Waals surface area contributed by atoms with Crippen molar-refractivity contribution >= 4 is 21.8 Å². The first kappa shape index (κ1) is 15.1. The number of ether oxygens (including phenoxy) is 3. The zero-order chi connectivity index (χ0) is 14.5. The molecule has 0 spiro atoms. The predicted molar refractivity (Wildman–Crippen MR) is 78.5 cm³/mol. The standard InChI is InChI=1S/C14H18BrNO4/c1-18-12-5-10(11(15)6-13(12)19-2)14(17)16-7-9-3-4-20-8-9/h5-6,9H,3-4,7-8H2,1-2H3,(H,16,17). The van der Waals surface area contributed by atoms with Gasteiger partial charge in [-0.3, -0.25) is 4.79 Å². The summed E-state index contributed by atoms with van der Waals surface area (Å²) < 4.78 is 16.4. The van der Waals surface area contributed by atoms with Crippen LogP contribution >= 0.6 is 15.9 Å². The Hall–Kier alpha value is -1.27. The highest BCUT2D eigenvalue weighted by atomic mass is 79.9. The highest BCUT2D eigenvalue weighted by molar-refractivity contribution is 9.10. The van der Waals surface area contributed by atoms with Crippen molar-refractivity contribution in [1.29, 1.82) is 0 Å². The van der Waals surface area contributed by atoms with Crippen molar-refractivity contribution in [3.63, 3.8) is 0 Å². The quantitative estimate of drug-likeness (QED) is 0.890. The lowest BCUT2D eigenvalue weighted by molar-refractivity contribution is 0.0944. The van der Waals surface area contributed by atoms with Crippen molar-refractivity contribution in [2.75, 3.05) is 34.0 Å². The summed E-state index contributed by atoms with van der Waals surface area (Å²) in [6.45, 7) is 2.12. The largest absolute Gasteiger partial charge is 0.493 e. The van der Waals surface area contributed by atoms with E-state index in [0.29, 0.717) is 40.6 Å². The van der Waals surface area contributed by atoms with Gasteiger partial charge in [0.25, 0.3) is 5.91 Å². The predicted octanol–water partition coefficient (Wildman–Crippen LogP) is 2.23.